The Balaban J connectivity index is 2.70. The standard InChI is InChI=1S/C10H16BrFO3/c1-5-6(2)9(14-7(3)13)10(11)15-8(5)4-12/h5-6,8-10H,4H2,1-3H3/t5-,6?,8-,9-,10?/m1/s1. The predicted molar refractivity (Wildman–Crippen MR) is 57.4 cm³/mol. The van der Waals surface area contributed by atoms with Gasteiger partial charge in [-0.3, -0.25) is 4.79 Å². The lowest BCUT2D eigenvalue weighted by molar-refractivity contribution is -0.176. The molecule has 0 aromatic carbocycles. The van der Waals surface area contributed by atoms with Crippen LogP contribution < -0.4 is 0 Å². The third kappa shape index (κ3) is 2.91. The van der Waals surface area contributed by atoms with Crippen LogP contribution in [0.3, 0.4) is 0 Å². The third-order valence-corrected chi connectivity index (χ3v) is 3.69. The Labute approximate surface area is 97.4 Å². The molecular formula is C10H16BrFO3. The first-order valence-corrected chi connectivity index (χ1v) is 5.91. The van der Waals surface area contributed by atoms with Crippen LogP contribution >= 0.6 is 15.9 Å². The van der Waals surface area contributed by atoms with Gasteiger partial charge in [0, 0.05) is 12.8 Å². The molecule has 1 heterocycles. The van der Waals surface area contributed by atoms with Crippen LogP contribution in [0.2, 0.25) is 0 Å². The molecule has 0 aromatic heterocycles. The lowest BCUT2D eigenvalue weighted by Crippen LogP contribution is -2.49. The van der Waals surface area contributed by atoms with E-state index < -0.39 is 17.8 Å². The van der Waals surface area contributed by atoms with E-state index in [-0.39, 0.29) is 23.9 Å². The zero-order valence-electron chi connectivity index (χ0n) is 9.07. The van der Waals surface area contributed by atoms with E-state index in [0.29, 0.717) is 0 Å². The van der Waals surface area contributed by atoms with Crippen molar-refractivity contribution < 1.29 is 18.7 Å². The molecule has 88 valence electrons. The Hall–Kier alpha value is -0.160. The second-order valence-corrected chi connectivity index (χ2v) is 4.87. The summed E-state index contributed by atoms with van der Waals surface area (Å²) in [4.78, 5) is 10.9. The van der Waals surface area contributed by atoms with Gasteiger partial charge >= 0.3 is 5.97 Å². The van der Waals surface area contributed by atoms with Crippen LogP contribution in [0.4, 0.5) is 4.39 Å². The maximum absolute atomic E-state index is 12.6. The number of alkyl halides is 2. The number of carbonyl (C=O) groups is 1. The fraction of sp³-hybridized carbons (Fsp3) is 0.900. The first-order valence-electron chi connectivity index (χ1n) is 5.00. The summed E-state index contributed by atoms with van der Waals surface area (Å²) in [5.41, 5.74) is 0. The molecule has 1 fully saturated rings. The first-order chi connectivity index (χ1) is 6.97. The van der Waals surface area contributed by atoms with Gasteiger partial charge in [0.2, 0.25) is 0 Å². The lowest BCUT2D eigenvalue weighted by atomic mass is 9.84. The van der Waals surface area contributed by atoms with Crippen LogP contribution in [0.25, 0.3) is 0 Å². The summed E-state index contributed by atoms with van der Waals surface area (Å²) in [6.45, 7) is 4.70. The SMILES string of the molecule is CC(=O)O[C@H]1C(Br)O[C@H](CF)[C@H](C)C1C. The summed E-state index contributed by atoms with van der Waals surface area (Å²) in [7, 11) is 0. The van der Waals surface area contributed by atoms with Crippen LogP contribution in [0.15, 0.2) is 0 Å². The van der Waals surface area contributed by atoms with Gasteiger partial charge in [-0.05, 0) is 5.92 Å². The average molecular weight is 283 g/mol. The molecule has 5 heteroatoms. The van der Waals surface area contributed by atoms with Crippen molar-refractivity contribution in [3.63, 3.8) is 0 Å². The van der Waals surface area contributed by atoms with Crippen molar-refractivity contribution in [2.24, 2.45) is 11.8 Å². The Morgan fingerprint density at radius 1 is 1.47 bits per heavy atom. The molecule has 1 saturated heterocycles. The van der Waals surface area contributed by atoms with Crippen molar-refractivity contribution in [1.29, 1.82) is 0 Å². The average Bonchev–Trinajstić information content (AvgIpc) is 2.18. The van der Waals surface area contributed by atoms with Crippen molar-refractivity contribution in [1.82, 2.24) is 0 Å². The van der Waals surface area contributed by atoms with E-state index in [9.17, 15) is 9.18 Å². The van der Waals surface area contributed by atoms with E-state index >= 15 is 0 Å². The number of hydrogen-bond donors (Lipinski definition) is 0. The summed E-state index contributed by atoms with van der Waals surface area (Å²) in [5.74, 6) is -0.230. The van der Waals surface area contributed by atoms with Gasteiger partial charge < -0.3 is 9.47 Å². The largest absolute Gasteiger partial charge is 0.459 e. The van der Waals surface area contributed by atoms with E-state index in [0.717, 1.165) is 0 Å². The Morgan fingerprint density at radius 3 is 2.53 bits per heavy atom. The molecule has 0 aromatic rings. The molecule has 2 unspecified atom stereocenters. The topological polar surface area (TPSA) is 35.5 Å². The van der Waals surface area contributed by atoms with Crippen molar-refractivity contribution in [2.45, 2.75) is 38.0 Å². The van der Waals surface area contributed by atoms with Gasteiger partial charge in [-0.25, -0.2) is 4.39 Å². The van der Waals surface area contributed by atoms with Gasteiger partial charge in [0.15, 0.2) is 0 Å². The fourth-order valence-electron chi connectivity index (χ4n) is 1.77. The maximum Gasteiger partial charge on any atom is 0.303 e. The van der Waals surface area contributed by atoms with Gasteiger partial charge in [-0.15, -0.1) is 0 Å². The van der Waals surface area contributed by atoms with E-state index in [2.05, 4.69) is 15.9 Å². The number of hydrogen-bond acceptors (Lipinski definition) is 3. The van der Waals surface area contributed by atoms with Gasteiger partial charge in [-0.1, -0.05) is 29.8 Å². The number of carbonyl (C=O) groups excluding carboxylic acids is 1. The van der Waals surface area contributed by atoms with Gasteiger partial charge in [0.05, 0.1) is 6.10 Å². The van der Waals surface area contributed by atoms with Gasteiger partial charge in [0.1, 0.15) is 17.8 Å². The minimum Gasteiger partial charge on any atom is -0.459 e. The number of rotatable bonds is 2. The van der Waals surface area contributed by atoms with E-state index in [4.69, 9.17) is 9.47 Å². The number of ether oxygens (including phenoxy) is 2. The predicted octanol–water partition coefficient (Wildman–Crippen LogP) is 2.28. The van der Waals surface area contributed by atoms with Crippen LogP contribution in [0.1, 0.15) is 20.8 Å². The number of halogens is 2. The normalized spacial score (nSPS) is 41.3. The summed E-state index contributed by atoms with van der Waals surface area (Å²) >= 11 is 3.27. The zero-order chi connectivity index (χ0) is 11.6. The fourth-order valence-corrected chi connectivity index (χ4v) is 2.64. The molecule has 0 N–H and O–H groups in total. The van der Waals surface area contributed by atoms with Crippen LogP contribution in [0.5, 0.6) is 0 Å². The minimum absolute atomic E-state index is 0.0353. The van der Waals surface area contributed by atoms with Crippen molar-refractivity contribution in [2.75, 3.05) is 6.67 Å². The van der Waals surface area contributed by atoms with Gasteiger partial charge in [0.25, 0.3) is 0 Å². The second-order valence-electron chi connectivity index (χ2n) is 3.97. The van der Waals surface area contributed by atoms with E-state index in [1.165, 1.54) is 6.92 Å². The summed E-state index contributed by atoms with van der Waals surface area (Å²) in [6, 6.07) is 0. The van der Waals surface area contributed by atoms with Crippen LogP contribution in [0, 0.1) is 11.8 Å². The molecule has 0 bridgehead atoms. The molecular weight excluding hydrogens is 267 g/mol. The second kappa shape index (κ2) is 5.25. The molecule has 0 amide bonds. The molecule has 0 saturated carbocycles. The monoisotopic (exact) mass is 282 g/mol. The third-order valence-electron chi connectivity index (χ3n) is 2.95. The highest BCUT2D eigenvalue weighted by Gasteiger charge is 2.42. The molecule has 0 aliphatic carbocycles. The Kier molecular flexibility index (Phi) is 4.52. The highest BCUT2D eigenvalue weighted by molar-refractivity contribution is 9.09. The highest BCUT2D eigenvalue weighted by Crippen LogP contribution is 2.35. The van der Waals surface area contributed by atoms with Crippen molar-refractivity contribution in [3.05, 3.63) is 0 Å². The molecule has 15 heavy (non-hydrogen) atoms. The van der Waals surface area contributed by atoms with Gasteiger partial charge in [-0.2, -0.15) is 0 Å². The van der Waals surface area contributed by atoms with Crippen LogP contribution in [-0.2, 0) is 14.3 Å². The van der Waals surface area contributed by atoms with E-state index in [1.807, 2.05) is 13.8 Å². The van der Waals surface area contributed by atoms with Crippen molar-refractivity contribution in [3.8, 4) is 0 Å². The maximum atomic E-state index is 12.6. The minimum atomic E-state index is -0.513. The van der Waals surface area contributed by atoms with E-state index in [1.54, 1.807) is 0 Å². The number of esters is 1. The molecule has 1 rings (SSSR count). The molecule has 0 spiro atoms. The molecule has 1 aliphatic rings. The molecule has 0 radical (unpaired) electrons. The molecule has 1 aliphatic heterocycles. The zero-order valence-corrected chi connectivity index (χ0v) is 10.7. The Bertz CT molecular complexity index is 237. The lowest BCUT2D eigenvalue weighted by Gasteiger charge is -2.41. The summed E-state index contributed by atoms with van der Waals surface area (Å²) < 4.78 is 23.2. The molecule has 5 atom stereocenters. The van der Waals surface area contributed by atoms with Crippen molar-refractivity contribution >= 4 is 21.9 Å². The summed E-state index contributed by atoms with van der Waals surface area (Å²) in [6.07, 6.45) is -0.767. The smallest absolute Gasteiger partial charge is 0.303 e. The summed E-state index contributed by atoms with van der Waals surface area (Å²) in [5, 5.41) is -0.423. The quantitative estimate of drug-likeness (QED) is 0.576. The Morgan fingerprint density at radius 2 is 2.07 bits per heavy atom. The highest BCUT2D eigenvalue weighted by atomic mass is 79.9. The molecule has 3 nitrogen and oxygen atoms in total. The van der Waals surface area contributed by atoms with Crippen LogP contribution in [-0.4, -0.2) is 29.9 Å². The first kappa shape index (κ1) is 12.9.